The van der Waals surface area contributed by atoms with E-state index in [9.17, 15) is 27.2 Å². The fourth-order valence-corrected chi connectivity index (χ4v) is 6.05. The Hall–Kier alpha value is -3.81. The van der Waals surface area contributed by atoms with Crippen LogP contribution in [-0.2, 0) is 22.3 Å². The minimum absolute atomic E-state index is 0.00562. The van der Waals surface area contributed by atoms with E-state index in [1.54, 1.807) is 6.92 Å². The quantitative estimate of drug-likeness (QED) is 0.252. The predicted octanol–water partition coefficient (Wildman–Crippen LogP) is 4.73. The molecule has 3 N–H and O–H groups in total. The normalized spacial score (nSPS) is 20.3. The minimum atomic E-state index is -4.59. The van der Waals surface area contributed by atoms with Crippen molar-refractivity contribution in [2.24, 2.45) is 5.92 Å². The van der Waals surface area contributed by atoms with E-state index in [2.05, 4.69) is 36.2 Å². The van der Waals surface area contributed by atoms with Gasteiger partial charge in [-0.05, 0) is 77.9 Å². The standard InChI is InChI=1S/C26H22BrF4N7O2/c1-10-3-13(26(29,30)31)7-14-19-22(32)33-9-34-24(19)37(20(10)14)8-18(39)38-16-5-12(16)6-17(38)25(40)36-23-11(2)4-15(28)21(27)35-23/h3-4,7,9,12,16-17H,5-6,8H2,1-2H3,(H2,32,33,34)(H,35,36,40)/t12-,16-,17+/m1/s1. The molecular weight excluding hydrogens is 598 g/mol. The number of pyridine rings is 1. The van der Waals surface area contributed by atoms with Crippen LogP contribution in [0.15, 0.2) is 29.1 Å². The van der Waals surface area contributed by atoms with Gasteiger partial charge in [-0.15, -0.1) is 0 Å². The maximum atomic E-state index is 13.8. The van der Waals surface area contributed by atoms with Crippen molar-refractivity contribution >= 4 is 61.3 Å². The summed E-state index contributed by atoms with van der Waals surface area (Å²) in [6.07, 6.45) is -2.18. The van der Waals surface area contributed by atoms with Crippen molar-refractivity contribution in [3.8, 4) is 0 Å². The second kappa shape index (κ2) is 9.11. The lowest BCUT2D eigenvalue weighted by Crippen LogP contribution is -2.46. The zero-order valence-electron chi connectivity index (χ0n) is 21.2. The van der Waals surface area contributed by atoms with Crippen molar-refractivity contribution < 1.29 is 27.2 Å². The second-order valence-electron chi connectivity index (χ2n) is 10.3. The van der Waals surface area contributed by atoms with Crippen molar-refractivity contribution in [2.45, 2.75) is 51.5 Å². The van der Waals surface area contributed by atoms with Crippen LogP contribution in [0.25, 0.3) is 21.9 Å². The van der Waals surface area contributed by atoms with E-state index >= 15 is 0 Å². The Morgan fingerprint density at radius 2 is 1.90 bits per heavy atom. The zero-order valence-corrected chi connectivity index (χ0v) is 22.8. The fourth-order valence-electron chi connectivity index (χ4n) is 5.75. The monoisotopic (exact) mass is 619 g/mol. The lowest BCUT2D eigenvalue weighted by molar-refractivity contribution is -0.138. The first kappa shape index (κ1) is 26.4. The van der Waals surface area contributed by atoms with Gasteiger partial charge in [-0.3, -0.25) is 9.59 Å². The topological polar surface area (TPSA) is 119 Å². The van der Waals surface area contributed by atoms with E-state index in [0.29, 0.717) is 23.1 Å². The Morgan fingerprint density at radius 1 is 1.15 bits per heavy atom. The summed E-state index contributed by atoms with van der Waals surface area (Å²) in [4.78, 5) is 40.9. The number of likely N-dealkylation sites (tertiary alicyclic amines) is 1. The molecule has 1 aliphatic heterocycles. The lowest BCUT2D eigenvalue weighted by Gasteiger charge is -2.27. The highest BCUT2D eigenvalue weighted by atomic mass is 79.9. The summed E-state index contributed by atoms with van der Waals surface area (Å²) in [6, 6.07) is 2.34. The molecule has 208 valence electrons. The van der Waals surface area contributed by atoms with E-state index in [4.69, 9.17) is 5.73 Å². The molecule has 1 aromatic carbocycles. The number of amides is 2. The number of fused-ring (bicyclic) bond motifs is 4. The maximum Gasteiger partial charge on any atom is 0.416 e. The Bertz CT molecular complexity index is 1740. The van der Waals surface area contributed by atoms with Crippen LogP contribution in [0.4, 0.5) is 29.2 Å². The summed E-state index contributed by atoms with van der Waals surface area (Å²) in [5.41, 5.74) is 6.54. The van der Waals surface area contributed by atoms with Gasteiger partial charge in [0, 0.05) is 11.4 Å². The minimum Gasteiger partial charge on any atom is -0.383 e. The van der Waals surface area contributed by atoms with Gasteiger partial charge < -0.3 is 20.5 Å². The number of benzene rings is 1. The van der Waals surface area contributed by atoms with Crippen LogP contribution in [0.3, 0.4) is 0 Å². The van der Waals surface area contributed by atoms with Crippen LogP contribution < -0.4 is 11.1 Å². The molecule has 1 saturated carbocycles. The number of nitrogen functional groups attached to an aromatic ring is 1. The summed E-state index contributed by atoms with van der Waals surface area (Å²) in [5, 5.41) is 3.13. The van der Waals surface area contributed by atoms with E-state index in [0.717, 1.165) is 18.6 Å². The van der Waals surface area contributed by atoms with Crippen molar-refractivity contribution in [3.63, 3.8) is 0 Å². The molecule has 6 rings (SSSR count). The molecule has 14 heteroatoms. The molecule has 2 fully saturated rings. The summed E-state index contributed by atoms with van der Waals surface area (Å²) in [5.74, 6) is -1.06. The van der Waals surface area contributed by atoms with E-state index in [1.165, 1.54) is 28.8 Å². The number of carbonyl (C=O) groups is 2. The Labute approximate surface area is 232 Å². The lowest BCUT2D eigenvalue weighted by atomic mass is 10.1. The highest BCUT2D eigenvalue weighted by Gasteiger charge is 2.56. The van der Waals surface area contributed by atoms with Gasteiger partial charge in [-0.25, -0.2) is 19.3 Å². The second-order valence-corrected chi connectivity index (χ2v) is 11.0. The number of hydrogen-bond acceptors (Lipinski definition) is 6. The van der Waals surface area contributed by atoms with Gasteiger partial charge in [0.25, 0.3) is 0 Å². The van der Waals surface area contributed by atoms with Crippen molar-refractivity contribution in [1.82, 2.24) is 24.4 Å². The number of nitrogens with one attached hydrogen (secondary N) is 1. The van der Waals surface area contributed by atoms with Crippen LogP contribution in [0.1, 0.15) is 29.5 Å². The number of alkyl halides is 3. The average Bonchev–Trinajstić information content (AvgIpc) is 3.41. The number of anilines is 2. The predicted molar refractivity (Wildman–Crippen MR) is 142 cm³/mol. The molecular formula is C26H22BrF4N7O2. The Morgan fingerprint density at radius 3 is 2.62 bits per heavy atom. The number of rotatable bonds is 4. The van der Waals surface area contributed by atoms with Crippen molar-refractivity contribution in [1.29, 1.82) is 0 Å². The summed E-state index contributed by atoms with van der Waals surface area (Å²) < 4.78 is 56.1. The molecule has 2 aliphatic rings. The highest BCUT2D eigenvalue weighted by Crippen LogP contribution is 2.48. The summed E-state index contributed by atoms with van der Waals surface area (Å²) in [7, 11) is 0. The number of hydrogen-bond donors (Lipinski definition) is 2. The molecule has 4 aromatic rings. The molecule has 4 heterocycles. The zero-order chi connectivity index (χ0) is 28.7. The van der Waals surface area contributed by atoms with Crippen LogP contribution in [-0.4, -0.2) is 48.3 Å². The summed E-state index contributed by atoms with van der Waals surface area (Å²) >= 11 is 3.02. The van der Waals surface area contributed by atoms with Crippen LogP contribution >= 0.6 is 15.9 Å². The van der Waals surface area contributed by atoms with E-state index < -0.39 is 29.5 Å². The van der Waals surface area contributed by atoms with Gasteiger partial charge in [0.05, 0.1) is 16.5 Å². The third-order valence-electron chi connectivity index (χ3n) is 7.63. The Kier molecular flexibility index (Phi) is 6.02. The van der Waals surface area contributed by atoms with Gasteiger partial charge in [0.1, 0.15) is 40.8 Å². The van der Waals surface area contributed by atoms with Crippen LogP contribution in [0, 0.1) is 25.6 Å². The number of nitrogens with two attached hydrogens (primary N) is 1. The first-order valence-corrected chi connectivity index (χ1v) is 13.2. The third-order valence-corrected chi connectivity index (χ3v) is 8.19. The fraction of sp³-hybridized carbons (Fsp3) is 0.346. The largest absolute Gasteiger partial charge is 0.416 e. The molecule has 9 nitrogen and oxygen atoms in total. The van der Waals surface area contributed by atoms with Crippen molar-refractivity contribution in [3.05, 3.63) is 51.6 Å². The molecule has 1 aliphatic carbocycles. The first-order valence-electron chi connectivity index (χ1n) is 12.4. The molecule has 1 saturated heterocycles. The molecule has 0 bridgehead atoms. The van der Waals surface area contributed by atoms with E-state index in [1.807, 2.05) is 0 Å². The number of aromatic nitrogens is 4. The van der Waals surface area contributed by atoms with Crippen LogP contribution in [0.5, 0.6) is 0 Å². The number of carbonyl (C=O) groups excluding carboxylic acids is 2. The molecule has 0 radical (unpaired) electrons. The van der Waals surface area contributed by atoms with Crippen LogP contribution in [0.2, 0.25) is 0 Å². The molecule has 40 heavy (non-hydrogen) atoms. The number of aryl methyl sites for hydroxylation is 2. The third kappa shape index (κ3) is 4.25. The molecule has 0 spiro atoms. The number of piperidine rings is 1. The smallest absolute Gasteiger partial charge is 0.383 e. The molecule has 2 amide bonds. The van der Waals surface area contributed by atoms with Gasteiger partial charge >= 0.3 is 6.18 Å². The van der Waals surface area contributed by atoms with Gasteiger partial charge in [-0.1, -0.05) is 0 Å². The molecule has 3 aromatic heterocycles. The first-order chi connectivity index (χ1) is 18.8. The van der Waals surface area contributed by atoms with E-state index in [-0.39, 0.29) is 57.1 Å². The number of halogens is 5. The SMILES string of the molecule is Cc1cc(F)c(Br)nc1NC(=O)[C@@H]1C[C@H]2C[C@H]2N1C(=O)Cn1c2ncnc(N)c2c2cc(C(F)(F)F)cc(C)c21. The Balaban J connectivity index is 1.36. The van der Waals surface area contributed by atoms with Gasteiger partial charge in [0.15, 0.2) is 5.82 Å². The van der Waals surface area contributed by atoms with Gasteiger partial charge in [-0.2, -0.15) is 13.2 Å². The molecule has 3 atom stereocenters. The van der Waals surface area contributed by atoms with Gasteiger partial charge in [0.2, 0.25) is 11.8 Å². The van der Waals surface area contributed by atoms with Crippen molar-refractivity contribution in [2.75, 3.05) is 11.1 Å². The summed E-state index contributed by atoms with van der Waals surface area (Å²) in [6.45, 7) is 2.87. The highest BCUT2D eigenvalue weighted by molar-refractivity contribution is 9.10. The number of nitrogens with zero attached hydrogens (tertiary/aromatic N) is 5. The maximum absolute atomic E-state index is 13.8. The average molecular weight is 620 g/mol. The molecule has 0 unspecified atom stereocenters.